The van der Waals surface area contributed by atoms with Crippen LogP contribution in [0.5, 0.6) is 0 Å². The van der Waals surface area contributed by atoms with Crippen molar-refractivity contribution in [2.24, 2.45) is 0 Å². The summed E-state index contributed by atoms with van der Waals surface area (Å²) in [6.07, 6.45) is 3.50. The van der Waals surface area contributed by atoms with Crippen molar-refractivity contribution >= 4 is 28.9 Å². The SMILES string of the molecule is Cc1nc(C)c(C(=O)C2CCCCS2)s1. The van der Waals surface area contributed by atoms with Gasteiger partial charge in [-0.15, -0.1) is 11.3 Å². The summed E-state index contributed by atoms with van der Waals surface area (Å²) < 4.78 is 0. The second-order valence-electron chi connectivity index (χ2n) is 3.87. The fourth-order valence-corrected chi connectivity index (χ4v) is 4.10. The normalized spacial score (nSPS) is 21.6. The third kappa shape index (κ3) is 2.42. The minimum absolute atomic E-state index is 0.192. The van der Waals surface area contributed by atoms with Gasteiger partial charge < -0.3 is 0 Å². The maximum atomic E-state index is 12.2. The van der Waals surface area contributed by atoms with Gasteiger partial charge in [0.2, 0.25) is 0 Å². The van der Waals surface area contributed by atoms with Gasteiger partial charge >= 0.3 is 0 Å². The smallest absolute Gasteiger partial charge is 0.187 e. The lowest BCUT2D eigenvalue weighted by molar-refractivity contribution is 0.0988. The summed E-state index contributed by atoms with van der Waals surface area (Å²) in [7, 11) is 0. The number of thioether (sulfide) groups is 1. The molecule has 82 valence electrons. The molecule has 1 aromatic heterocycles. The molecular weight excluding hydrogens is 226 g/mol. The van der Waals surface area contributed by atoms with E-state index in [4.69, 9.17) is 0 Å². The van der Waals surface area contributed by atoms with E-state index in [1.807, 2.05) is 25.6 Å². The Morgan fingerprint density at radius 2 is 2.20 bits per heavy atom. The number of hydrogen-bond acceptors (Lipinski definition) is 4. The number of rotatable bonds is 2. The number of Topliss-reactive ketones (excluding diaryl/α,β-unsaturated/α-hetero) is 1. The zero-order valence-corrected chi connectivity index (χ0v) is 10.7. The van der Waals surface area contributed by atoms with Gasteiger partial charge in [-0.25, -0.2) is 4.98 Å². The molecule has 0 amide bonds. The minimum atomic E-state index is 0.192. The van der Waals surface area contributed by atoms with E-state index < -0.39 is 0 Å². The average Bonchev–Trinajstić information content (AvgIpc) is 2.58. The maximum absolute atomic E-state index is 12.2. The highest BCUT2D eigenvalue weighted by Crippen LogP contribution is 2.30. The first-order chi connectivity index (χ1) is 7.18. The van der Waals surface area contributed by atoms with Crippen molar-refractivity contribution in [3.05, 3.63) is 15.6 Å². The Morgan fingerprint density at radius 3 is 2.73 bits per heavy atom. The second kappa shape index (κ2) is 4.66. The van der Waals surface area contributed by atoms with Crippen molar-refractivity contribution in [2.45, 2.75) is 38.4 Å². The van der Waals surface area contributed by atoms with E-state index in [2.05, 4.69) is 4.98 Å². The molecule has 1 atom stereocenters. The van der Waals surface area contributed by atoms with Gasteiger partial charge in [0.15, 0.2) is 5.78 Å². The standard InChI is InChI=1S/C11H15NOS2/c1-7-11(15-8(2)12-7)10(13)9-5-3-4-6-14-9/h9H,3-6H2,1-2H3. The number of aromatic nitrogens is 1. The molecule has 0 radical (unpaired) electrons. The summed E-state index contributed by atoms with van der Waals surface area (Å²) in [4.78, 5) is 17.4. The molecule has 1 aromatic rings. The first-order valence-electron chi connectivity index (χ1n) is 5.28. The van der Waals surface area contributed by atoms with Gasteiger partial charge in [0.05, 0.1) is 20.8 Å². The summed E-state index contributed by atoms with van der Waals surface area (Å²) in [6.45, 7) is 3.90. The molecule has 1 saturated heterocycles. The first kappa shape index (κ1) is 11.1. The van der Waals surface area contributed by atoms with E-state index in [1.165, 1.54) is 12.8 Å². The van der Waals surface area contributed by atoms with E-state index >= 15 is 0 Å². The van der Waals surface area contributed by atoms with Crippen LogP contribution in [-0.2, 0) is 0 Å². The fourth-order valence-electron chi connectivity index (χ4n) is 1.85. The molecule has 2 rings (SSSR count). The molecule has 0 aliphatic carbocycles. The monoisotopic (exact) mass is 241 g/mol. The minimum Gasteiger partial charge on any atom is -0.292 e. The summed E-state index contributed by atoms with van der Waals surface area (Å²) >= 11 is 3.36. The van der Waals surface area contributed by atoms with Crippen LogP contribution < -0.4 is 0 Å². The van der Waals surface area contributed by atoms with Crippen molar-refractivity contribution in [3.63, 3.8) is 0 Å². The molecule has 1 fully saturated rings. The summed E-state index contributed by atoms with van der Waals surface area (Å²) in [5, 5.41) is 1.19. The zero-order chi connectivity index (χ0) is 10.8. The molecule has 2 heterocycles. The second-order valence-corrected chi connectivity index (χ2v) is 6.38. The van der Waals surface area contributed by atoms with E-state index in [-0.39, 0.29) is 5.25 Å². The van der Waals surface area contributed by atoms with Crippen LogP contribution in [0.4, 0.5) is 0 Å². The zero-order valence-electron chi connectivity index (χ0n) is 9.08. The summed E-state index contributed by atoms with van der Waals surface area (Å²) in [5.74, 6) is 1.44. The maximum Gasteiger partial charge on any atom is 0.187 e. The van der Waals surface area contributed by atoms with Crippen molar-refractivity contribution < 1.29 is 4.79 Å². The Morgan fingerprint density at radius 1 is 1.40 bits per heavy atom. The lowest BCUT2D eigenvalue weighted by atomic mass is 10.1. The van der Waals surface area contributed by atoms with Crippen LogP contribution in [0.2, 0.25) is 0 Å². The van der Waals surface area contributed by atoms with Gasteiger partial charge in [-0.05, 0) is 32.4 Å². The first-order valence-corrected chi connectivity index (χ1v) is 7.15. The Bertz CT molecular complexity index is 367. The van der Waals surface area contributed by atoms with Crippen LogP contribution in [0.15, 0.2) is 0 Å². The average molecular weight is 241 g/mol. The summed E-state index contributed by atoms with van der Waals surface area (Å²) in [6, 6.07) is 0. The van der Waals surface area contributed by atoms with Crippen molar-refractivity contribution in [1.29, 1.82) is 0 Å². The largest absolute Gasteiger partial charge is 0.292 e. The van der Waals surface area contributed by atoms with Gasteiger partial charge in [0.1, 0.15) is 0 Å². The molecule has 4 heteroatoms. The van der Waals surface area contributed by atoms with Crippen molar-refractivity contribution in [2.75, 3.05) is 5.75 Å². The molecule has 0 N–H and O–H groups in total. The Kier molecular flexibility index (Phi) is 3.46. The van der Waals surface area contributed by atoms with Gasteiger partial charge in [-0.2, -0.15) is 11.8 Å². The Labute approximate surface area is 98.5 Å². The van der Waals surface area contributed by atoms with Crippen molar-refractivity contribution in [3.8, 4) is 0 Å². The Balaban J connectivity index is 2.16. The number of carbonyl (C=O) groups is 1. The fraction of sp³-hybridized carbons (Fsp3) is 0.636. The molecule has 1 aliphatic heterocycles. The summed E-state index contributed by atoms with van der Waals surface area (Å²) in [5.41, 5.74) is 0.911. The molecule has 0 aromatic carbocycles. The predicted molar refractivity (Wildman–Crippen MR) is 66.0 cm³/mol. The van der Waals surface area contributed by atoms with Crippen molar-refractivity contribution in [1.82, 2.24) is 4.98 Å². The predicted octanol–water partition coefficient (Wildman–Crippen LogP) is 3.23. The lowest BCUT2D eigenvalue weighted by Gasteiger charge is -2.19. The molecule has 0 spiro atoms. The molecule has 0 saturated carbocycles. The van der Waals surface area contributed by atoms with Crippen LogP contribution in [0.1, 0.15) is 39.6 Å². The van der Waals surface area contributed by atoms with Crippen LogP contribution in [0.25, 0.3) is 0 Å². The highest BCUT2D eigenvalue weighted by Gasteiger charge is 2.25. The molecule has 15 heavy (non-hydrogen) atoms. The van der Waals surface area contributed by atoms with E-state index in [9.17, 15) is 4.79 Å². The molecule has 1 unspecified atom stereocenters. The Hall–Kier alpha value is -0.350. The third-order valence-electron chi connectivity index (χ3n) is 2.60. The number of thiazole rings is 1. The lowest BCUT2D eigenvalue weighted by Crippen LogP contribution is -2.20. The van der Waals surface area contributed by atoms with Gasteiger partial charge in [-0.3, -0.25) is 4.79 Å². The van der Waals surface area contributed by atoms with Crippen LogP contribution in [0.3, 0.4) is 0 Å². The molecule has 0 bridgehead atoms. The van der Waals surface area contributed by atoms with E-state index in [0.717, 1.165) is 27.8 Å². The number of nitrogens with zero attached hydrogens (tertiary/aromatic N) is 1. The molecular formula is C11H15NOS2. The quantitative estimate of drug-likeness (QED) is 0.745. The van der Waals surface area contributed by atoms with Gasteiger partial charge in [-0.1, -0.05) is 6.42 Å². The number of aryl methyl sites for hydroxylation is 2. The van der Waals surface area contributed by atoms with Crippen LogP contribution in [-0.4, -0.2) is 21.8 Å². The van der Waals surface area contributed by atoms with E-state index in [0.29, 0.717) is 5.78 Å². The topological polar surface area (TPSA) is 30.0 Å². The van der Waals surface area contributed by atoms with Crippen LogP contribution in [0, 0.1) is 13.8 Å². The number of hydrogen-bond donors (Lipinski definition) is 0. The van der Waals surface area contributed by atoms with Gasteiger partial charge in [0.25, 0.3) is 0 Å². The van der Waals surface area contributed by atoms with E-state index in [1.54, 1.807) is 11.3 Å². The number of carbonyl (C=O) groups excluding carboxylic acids is 1. The number of ketones is 1. The highest BCUT2D eigenvalue weighted by molar-refractivity contribution is 8.00. The highest BCUT2D eigenvalue weighted by atomic mass is 32.2. The molecule has 2 nitrogen and oxygen atoms in total. The van der Waals surface area contributed by atoms with Crippen LogP contribution >= 0.6 is 23.1 Å². The van der Waals surface area contributed by atoms with Gasteiger partial charge in [0, 0.05) is 0 Å². The molecule has 1 aliphatic rings. The third-order valence-corrected chi connectivity index (χ3v) is 5.06.